The zero-order valence-corrected chi connectivity index (χ0v) is 13.5. The Hall–Kier alpha value is -1.06. The molecule has 3 rings (SSSR count). The van der Waals surface area contributed by atoms with Gasteiger partial charge in [0.25, 0.3) is 0 Å². The van der Waals surface area contributed by atoms with E-state index in [2.05, 4.69) is 10.2 Å². The van der Waals surface area contributed by atoms with E-state index < -0.39 is 5.41 Å². The zero-order valence-electron chi connectivity index (χ0n) is 12.7. The fourth-order valence-electron chi connectivity index (χ4n) is 3.64. The van der Waals surface area contributed by atoms with Gasteiger partial charge in [-0.1, -0.05) is 23.7 Å². The van der Waals surface area contributed by atoms with Crippen LogP contribution in [0.2, 0.25) is 5.02 Å². The lowest BCUT2D eigenvalue weighted by atomic mass is 9.82. The van der Waals surface area contributed by atoms with Crippen molar-refractivity contribution in [2.75, 3.05) is 13.1 Å². The molecule has 0 saturated carbocycles. The quantitative estimate of drug-likeness (QED) is 0.911. The first kappa shape index (κ1) is 14.9. The molecule has 2 aliphatic rings. The van der Waals surface area contributed by atoms with Crippen LogP contribution in [0.3, 0.4) is 0 Å². The molecular weight excluding hydrogens is 284 g/mol. The fourth-order valence-corrected chi connectivity index (χ4v) is 3.83. The maximum absolute atomic E-state index is 13.2. The maximum Gasteiger partial charge on any atom is 0.233 e. The predicted octanol–water partition coefficient (Wildman–Crippen LogP) is 2.97. The Morgan fingerprint density at radius 1 is 1.29 bits per heavy atom. The molecule has 0 aromatic heterocycles. The molecule has 2 unspecified atom stereocenters. The van der Waals surface area contributed by atoms with Gasteiger partial charge in [-0.15, -0.1) is 0 Å². The van der Waals surface area contributed by atoms with E-state index >= 15 is 0 Å². The maximum atomic E-state index is 13.2. The second kappa shape index (κ2) is 5.62. The third-order valence-electron chi connectivity index (χ3n) is 4.97. The molecule has 2 heterocycles. The van der Waals surface area contributed by atoms with Crippen molar-refractivity contribution in [3.05, 3.63) is 34.9 Å². The van der Waals surface area contributed by atoms with E-state index in [1.54, 1.807) is 0 Å². The molecule has 114 valence electrons. The summed E-state index contributed by atoms with van der Waals surface area (Å²) in [5, 5.41) is 4.14. The van der Waals surface area contributed by atoms with Crippen LogP contribution >= 0.6 is 11.6 Å². The van der Waals surface area contributed by atoms with Crippen molar-refractivity contribution in [2.24, 2.45) is 0 Å². The highest BCUT2D eigenvalue weighted by molar-refractivity contribution is 6.30. The molecule has 21 heavy (non-hydrogen) atoms. The molecule has 2 atom stereocenters. The molecule has 2 bridgehead atoms. The van der Waals surface area contributed by atoms with Crippen molar-refractivity contribution in [1.29, 1.82) is 0 Å². The van der Waals surface area contributed by atoms with Crippen LogP contribution < -0.4 is 5.32 Å². The van der Waals surface area contributed by atoms with Gasteiger partial charge in [-0.05, 0) is 57.4 Å². The Morgan fingerprint density at radius 2 is 2.05 bits per heavy atom. The molecule has 0 aliphatic carbocycles. The highest BCUT2D eigenvalue weighted by atomic mass is 35.5. The van der Waals surface area contributed by atoms with E-state index in [1.807, 2.05) is 38.1 Å². The van der Waals surface area contributed by atoms with Crippen molar-refractivity contribution >= 4 is 17.5 Å². The summed E-state index contributed by atoms with van der Waals surface area (Å²) in [5.41, 5.74) is 0.465. The van der Waals surface area contributed by atoms with Gasteiger partial charge in [-0.2, -0.15) is 0 Å². The van der Waals surface area contributed by atoms with Gasteiger partial charge in [0.1, 0.15) is 0 Å². The van der Waals surface area contributed by atoms with Gasteiger partial charge >= 0.3 is 0 Å². The van der Waals surface area contributed by atoms with E-state index in [-0.39, 0.29) is 5.91 Å². The molecule has 2 saturated heterocycles. The Morgan fingerprint density at radius 3 is 2.81 bits per heavy atom. The van der Waals surface area contributed by atoms with E-state index in [0.717, 1.165) is 37.9 Å². The van der Waals surface area contributed by atoms with Gasteiger partial charge < -0.3 is 10.2 Å². The number of rotatable bonds is 2. The fraction of sp³-hybridized carbons (Fsp3) is 0.588. The Balaban J connectivity index is 1.90. The van der Waals surface area contributed by atoms with Crippen LogP contribution in [-0.2, 0) is 10.2 Å². The normalized spacial score (nSPS) is 25.8. The Labute approximate surface area is 131 Å². The van der Waals surface area contributed by atoms with Crippen LogP contribution in [0.4, 0.5) is 0 Å². The van der Waals surface area contributed by atoms with Gasteiger partial charge in [-0.25, -0.2) is 0 Å². The third kappa shape index (κ3) is 2.69. The molecule has 1 aromatic rings. The standard InChI is InChI=1S/C17H23ClN2O/c1-17(2,12-4-3-5-13(18)10-12)16(21)20-14-6-7-15(20)11-19-9-8-14/h3-5,10,14-15,19H,6-9,11H2,1-2H3. The van der Waals surface area contributed by atoms with E-state index in [9.17, 15) is 4.79 Å². The number of benzene rings is 1. The van der Waals surface area contributed by atoms with Crippen molar-refractivity contribution in [1.82, 2.24) is 10.2 Å². The first-order valence-corrected chi connectivity index (χ1v) is 8.17. The van der Waals surface area contributed by atoms with Crippen LogP contribution in [-0.4, -0.2) is 36.0 Å². The zero-order chi connectivity index (χ0) is 15.0. The van der Waals surface area contributed by atoms with Gasteiger partial charge in [-0.3, -0.25) is 4.79 Å². The van der Waals surface area contributed by atoms with Gasteiger partial charge in [0.05, 0.1) is 5.41 Å². The number of amides is 1. The molecule has 1 amide bonds. The minimum atomic E-state index is -0.532. The topological polar surface area (TPSA) is 32.3 Å². The number of fused-ring (bicyclic) bond motifs is 2. The summed E-state index contributed by atoms with van der Waals surface area (Å²) in [6.07, 6.45) is 3.33. The summed E-state index contributed by atoms with van der Waals surface area (Å²) >= 11 is 6.10. The molecule has 1 N–H and O–H groups in total. The lowest BCUT2D eigenvalue weighted by Gasteiger charge is -2.36. The number of carbonyl (C=O) groups excluding carboxylic acids is 1. The molecule has 0 spiro atoms. The Bertz CT molecular complexity index is 529. The smallest absolute Gasteiger partial charge is 0.233 e. The predicted molar refractivity (Wildman–Crippen MR) is 85.6 cm³/mol. The molecular formula is C17H23ClN2O. The number of hydrogen-bond acceptors (Lipinski definition) is 2. The number of hydrogen-bond donors (Lipinski definition) is 1. The lowest BCUT2D eigenvalue weighted by Crippen LogP contribution is -2.50. The first-order valence-electron chi connectivity index (χ1n) is 7.79. The highest BCUT2D eigenvalue weighted by Gasteiger charge is 2.43. The van der Waals surface area contributed by atoms with Crippen molar-refractivity contribution in [2.45, 2.75) is 50.6 Å². The van der Waals surface area contributed by atoms with Crippen LogP contribution in [0.1, 0.15) is 38.7 Å². The molecule has 2 fully saturated rings. The Kier molecular flexibility index (Phi) is 3.98. The second-order valence-corrected chi connectivity index (χ2v) is 7.16. The molecule has 0 radical (unpaired) electrons. The van der Waals surface area contributed by atoms with E-state index in [1.165, 1.54) is 0 Å². The summed E-state index contributed by atoms with van der Waals surface area (Å²) in [5.74, 6) is 0.237. The van der Waals surface area contributed by atoms with Gasteiger partial charge in [0, 0.05) is 23.7 Å². The van der Waals surface area contributed by atoms with Crippen molar-refractivity contribution in [3.63, 3.8) is 0 Å². The number of carbonyl (C=O) groups is 1. The molecule has 3 nitrogen and oxygen atoms in total. The monoisotopic (exact) mass is 306 g/mol. The van der Waals surface area contributed by atoms with Crippen LogP contribution in [0, 0.1) is 0 Å². The minimum absolute atomic E-state index is 0.237. The summed E-state index contributed by atoms with van der Waals surface area (Å²) < 4.78 is 0. The number of nitrogens with one attached hydrogen (secondary N) is 1. The van der Waals surface area contributed by atoms with Gasteiger partial charge in [0.15, 0.2) is 0 Å². The number of halogens is 1. The summed E-state index contributed by atoms with van der Waals surface area (Å²) in [7, 11) is 0. The number of nitrogens with zero attached hydrogens (tertiary/aromatic N) is 1. The molecule has 2 aliphatic heterocycles. The first-order chi connectivity index (χ1) is 10.00. The largest absolute Gasteiger partial charge is 0.335 e. The van der Waals surface area contributed by atoms with E-state index in [0.29, 0.717) is 17.1 Å². The van der Waals surface area contributed by atoms with Crippen LogP contribution in [0.15, 0.2) is 24.3 Å². The van der Waals surface area contributed by atoms with Crippen LogP contribution in [0.5, 0.6) is 0 Å². The molecule has 4 heteroatoms. The lowest BCUT2D eigenvalue weighted by molar-refractivity contribution is -0.139. The summed E-state index contributed by atoms with van der Waals surface area (Å²) in [6.45, 7) is 5.97. The third-order valence-corrected chi connectivity index (χ3v) is 5.20. The SMILES string of the molecule is CC(C)(C(=O)N1C2CCNCC1CC2)c1cccc(Cl)c1. The van der Waals surface area contributed by atoms with Gasteiger partial charge in [0.2, 0.25) is 5.91 Å². The highest BCUT2D eigenvalue weighted by Crippen LogP contribution is 2.35. The average Bonchev–Trinajstić information content (AvgIpc) is 2.71. The second-order valence-electron chi connectivity index (χ2n) is 6.73. The summed E-state index contributed by atoms with van der Waals surface area (Å²) in [4.78, 5) is 15.4. The average molecular weight is 307 g/mol. The van der Waals surface area contributed by atoms with Crippen molar-refractivity contribution < 1.29 is 4.79 Å². The summed E-state index contributed by atoms with van der Waals surface area (Å²) in [6, 6.07) is 8.44. The molecule has 1 aromatic carbocycles. The minimum Gasteiger partial charge on any atom is -0.335 e. The van der Waals surface area contributed by atoms with Crippen molar-refractivity contribution in [3.8, 4) is 0 Å². The van der Waals surface area contributed by atoms with E-state index in [4.69, 9.17) is 11.6 Å². The van der Waals surface area contributed by atoms with Crippen LogP contribution in [0.25, 0.3) is 0 Å².